The normalized spacial score (nSPS) is 40.2. The van der Waals surface area contributed by atoms with E-state index in [1.54, 1.807) is 0 Å². The first-order valence-electron chi connectivity index (χ1n) is 6.11. The van der Waals surface area contributed by atoms with Gasteiger partial charge in [-0.05, 0) is 25.2 Å². The van der Waals surface area contributed by atoms with Gasteiger partial charge in [0.25, 0.3) is 0 Å². The number of fused-ring (bicyclic) bond motifs is 2. The van der Waals surface area contributed by atoms with Gasteiger partial charge in [0.1, 0.15) is 0 Å². The number of carbonyl (C=O) groups excluding carboxylic acids is 1. The van der Waals surface area contributed by atoms with Crippen molar-refractivity contribution in [3.8, 4) is 0 Å². The van der Waals surface area contributed by atoms with Crippen molar-refractivity contribution in [1.29, 1.82) is 0 Å². The molecule has 90 valence electrons. The lowest BCUT2D eigenvalue weighted by Gasteiger charge is -2.50. The van der Waals surface area contributed by atoms with Crippen molar-refractivity contribution in [3.05, 3.63) is 0 Å². The van der Waals surface area contributed by atoms with Crippen LogP contribution < -0.4 is 0 Å². The maximum atomic E-state index is 11.7. The summed E-state index contributed by atoms with van der Waals surface area (Å²) in [5.74, 6) is 0.428. The fourth-order valence-corrected chi connectivity index (χ4v) is 3.67. The Morgan fingerprint density at radius 3 is 2.62 bits per heavy atom. The second-order valence-electron chi connectivity index (χ2n) is 5.11. The average molecular weight is 226 g/mol. The van der Waals surface area contributed by atoms with Gasteiger partial charge in [-0.25, -0.2) is 0 Å². The Balaban J connectivity index is 1.78. The number of rotatable bonds is 1. The highest BCUT2D eigenvalue weighted by atomic mass is 16.7. The summed E-state index contributed by atoms with van der Waals surface area (Å²) < 4.78 is 16.5. The maximum Gasteiger partial charge on any atom is 0.308 e. The molecule has 1 spiro atoms. The molecule has 2 bridgehead atoms. The van der Waals surface area contributed by atoms with Crippen LogP contribution in [-0.2, 0) is 19.0 Å². The Kier molecular flexibility index (Phi) is 2.44. The molecule has 4 heteroatoms. The highest BCUT2D eigenvalue weighted by Crippen LogP contribution is 2.53. The highest BCUT2D eigenvalue weighted by Gasteiger charge is 2.56. The van der Waals surface area contributed by atoms with E-state index in [-0.39, 0.29) is 17.7 Å². The molecular weight excluding hydrogens is 208 g/mol. The number of carbonyl (C=O) groups is 1. The molecule has 4 rings (SSSR count). The summed E-state index contributed by atoms with van der Waals surface area (Å²) in [5.41, 5.74) is 0. The minimum absolute atomic E-state index is 0.0532. The van der Waals surface area contributed by atoms with Crippen molar-refractivity contribution in [2.45, 2.75) is 31.5 Å². The van der Waals surface area contributed by atoms with Crippen LogP contribution in [0.3, 0.4) is 0 Å². The van der Waals surface area contributed by atoms with Gasteiger partial charge in [-0.1, -0.05) is 0 Å². The number of esters is 1. The molecule has 0 aromatic rings. The first-order valence-corrected chi connectivity index (χ1v) is 6.11. The van der Waals surface area contributed by atoms with Crippen LogP contribution in [0.25, 0.3) is 0 Å². The summed E-state index contributed by atoms with van der Waals surface area (Å²) in [6.45, 7) is 1.40. The second kappa shape index (κ2) is 3.70. The zero-order chi connectivity index (χ0) is 11.2. The minimum atomic E-state index is -0.354. The van der Waals surface area contributed by atoms with Gasteiger partial charge < -0.3 is 14.2 Å². The predicted octanol–water partition coefficient (Wildman–Crippen LogP) is 1.34. The molecule has 4 fully saturated rings. The Hall–Kier alpha value is -0.610. The molecule has 0 aromatic heterocycles. The van der Waals surface area contributed by atoms with Gasteiger partial charge in [0.05, 0.1) is 26.2 Å². The minimum Gasteiger partial charge on any atom is -0.469 e. The summed E-state index contributed by atoms with van der Waals surface area (Å²) in [5, 5.41) is 0. The van der Waals surface area contributed by atoms with Gasteiger partial charge in [0.2, 0.25) is 0 Å². The quantitative estimate of drug-likeness (QED) is 0.633. The molecule has 1 aliphatic heterocycles. The van der Waals surface area contributed by atoms with E-state index in [1.807, 2.05) is 0 Å². The van der Waals surface area contributed by atoms with Gasteiger partial charge in [-0.2, -0.15) is 0 Å². The lowest BCUT2D eigenvalue weighted by atomic mass is 9.61. The van der Waals surface area contributed by atoms with Crippen LogP contribution in [0.15, 0.2) is 0 Å². The molecule has 0 unspecified atom stereocenters. The molecule has 3 atom stereocenters. The first-order chi connectivity index (χ1) is 7.75. The van der Waals surface area contributed by atoms with Gasteiger partial charge in [0, 0.05) is 12.3 Å². The van der Waals surface area contributed by atoms with Crippen molar-refractivity contribution in [2.75, 3.05) is 20.3 Å². The second-order valence-corrected chi connectivity index (χ2v) is 5.11. The Bertz CT molecular complexity index is 295. The van der Waals surface area contributed by atoms with E-state index in [1.165, 1.54) is 7.11 Å². The molecule has 3 saturated carbocycles. The molecule has 0 amide bonds. The van der Waals surface area contributed by atoms with Gasteiger partial charge >= 0.3 is 5.97 Å². The van der Waals surface area contributed by atoms with Crippen molar-refractivity contribution in [1.82, 2.24) is 0 Å². The Morgan fingerprint density at radius 2 is 2.06 bits per heavy atom. The van der Waals surface area contributed by atoms with Crippen molar-refractivity contribution in [2.24, 2.45) is 17.8 Å². The number of ether oxygens (including phenoxy) is 3. The van der Waals surface area contributed by atoms with Crippen LogP contribution in [0, 0.1) is 17.8 Å². The van der Waals surface area contributed by atoms with E-state index in [0.717, 1.165) is 25.7 Å². The summed E-state index contributed by atoms with van der Waals surface area (Å²) in [6, 6.07) is 0. The van der Waals surface area contributed by atoms with Crippen LogP contribution in [0.5, 0.6) is 0 Å². The standard InChI is InChI=1S/C12H18O4/c1-14-11(13)10-6-9-3-2-8(10)7-12(9)15-4-5-16-12/h8-10H,2-7H2,1H3/t8-,9-,10-/m1/s1. The molecule has 1 heterocycles. The molecule has 0 N–H and O–H groups in total. The maximum absolute atomic E-state index is 11.7. The third-order valence-corrected chi connectivity index (χ3v) is 4.44. The van der Waals surface area contributed by atoms with Crippen LogP contribution in [0.1, 0.15) is 25.7 Å². The Labute approximate surface area is 95.2 Å². The highest BCUT2D eigenvalue weighted by molar-refractivity contribution is 5.73. The van der Waals surface area contributed by atoms with Crippen LogP contribution in [0.4, 0.5) is 0 Å². The van der Waals surface area contributed by atoms with Crippen LogP contribution in [0.2, 0.25) is 0 Å². The lowest BCUT2D eigenvalue weighted by Crippen LogP contribution is -2.53. The first kappa shape index (κ1) is 10.5. The van der Waals surface area contributed by atoms with E-state index in [2.05, 4.69) is 0 Å². The topological polar surface area (TPSA) is 44.8 Å². The van der Waals surface area contributed by atoms with Crippen LogP contribution in [-0.4, -0.2) is 32.1 Å². The summed E-state index contributed by atoms with van der Waals surface area (Å²) in [4.78, 5) is 11.7. The zero-order valence-corrected chi connectivity index (χ0v) is 9.61. The fourth-order valence-electron chi connectivity index (χ4n) is 3.67. The monoisotopic (exact) mass is 226 g/mol. The molecule has 4 aliphatic rings. The van der Waals surface area contributed by atoms with Gasteiger partial charge in [-0.3, -0.25) is 4.79 Å². The van der Waals surface area contributed by atoms with Crippen molar-refractivity contribution < 1.29 is 19.0 Å². The van der Waals surface area contributed by atoms with Crippen molar-refractivity contribution in [3.63, 3.8) is 0 Å². The fraction of sp³-hybridized carbons (Fsp3) is 0.917. The van der Waals surface area contributed by atoms with E-state index in [4.69, 9.17) is 14.2 Å². The van der Waals surface area contributed by atoms with Crippen molar-refractivity contribution >= 4 is 5.97 Å². The SMILES string of the molecule is COC(=O)[C@@H]1C[C@H]2CC[C@@H]1CC21OCCO1. The molecule has 4 nitrogen and oxygen atoms in total. The van der Waals surface area contributed by atoms with E-state index < -0.39 is 0 Å². The van der Waals surface area contributed by atoms with E-state index >= 15 is 0 Å². The van der Waals surface area contributed by atoms with Gasteiger partial charge in [-0.15, -0.1) is 0 Å². The molecule has 0 aromatic carbocycles. The molecular formula is C12H18O4. The third kappa shape index (κ3) is 1.39. The molecule has 1 saturated heterocycles. The summed E-state index contributed by atoms with van der Waals surface area (Å²) in [6.07, 6.45) is 3.98. The number of methoxy groups -OCH3 is 1. The summed E-state index contributed by atoms with van der Waals surface area (Å²) >= 11 is 0. The summed E-state index contributed by atoms with van der Waals surface area (Å²) in [7, 11) is 1.48. The predicted molar refractivity (Wildman–Crippen MR) is 55.6 cm³/mol. The number of hydrogen-bond acceptors (Lipinski definition) is 4. The number of hydrogen-bond donors (Lipinski definition) is 0. The molecule has 3 aliphatic carbocycles. The zero-order valence-electron chi connectivity index (χ0n) is 9.61. The lowest BCUT2D eigenvalue weighted by molar-refractivity contribution is -0.250. The van der Waals surface area contributed by atoms with Crippen LogP contribution >= 0.6 is 0 Å². The van der Waals surface area contributed by atoms with Gasteiger partial charge in [0.15, 0.2) is 5.79 Å². The average Bonchev–Trinajstić information content (AvgIpc) is 2.77. The third-order valence-electron chi connectivity index (χ3n) is 4.44. The van der Waals surface area contributed by atoms with E-state index in [9.17, 15) is 4.79 Å². The van der Waals surface area contributed by atoms with E-state index in [0.29, 0.717) is 25.0 Å². The Morgan fingerprint density at radius 1 is 1.31 bits per heavy atom. The largest absolute Gasteiger partial charge is 0.469 e. The smallest absolute Gasteiger partial charge is 0.308 e. The molecule has 16 heavy (non-hydrogen) atoms. The molecule has 0 radical (unpaired) electrons.